The number of hydrogen-bond acceptors (Lipinski definition) is 3. The number of nitrogens with one attached hydrogen (secondary N) is 2. The van der Waals surface area contributed by atoms with Crippen LogP contribution in [0, 0.1) is 19.8 Å². The topological polar surface area (TPSA) is 70.7 Å². The summed E-state index contributed by atoms with van der Waals surface area (Å²) < 4.78 is 0. The number of nitrogens with zero attached hydrogens (tertiary/aromatic N) is 2. The molecule has 5 heteroatoms. The molecule has 1 amide bonds. The zero-order chi connectivity index (χ0) is 15.0. The molecule has 2 heterocycles. The first-order valence-electron chi connectivity index (χ1n) is 7.69. The molecule has 2 atom stereocenters. The van der Waals surface area contributed by atoms with Gasteiger partial charge in [-0.25, -0.2) is 9.97 Å². The third-order valence-electron chi connectivity index (χ3n) is 4.46. The number of aromatic amines is 1. The molecule has 1 fully saturated rings. The monoisotopic (exact) mass is 286 g/mol. The van der Waals surface area contributed by atoms with E-state index in [1.807, 2.05) is 19.9 Å². The van der Waals surface area contributed by atoms with Crippen LogP contribution in [0.4, 0.5) is 0 Å². The van der Waals surface area contributed by atoms with Gasteiger partial charge in [-0.15, -0.1) is 0 Å². The zero-order valence-electron chi connectivity index (χ0n) is 12.9. The highest BCUT2D eigenvalue weighted by Gasteiger charge is 2.24. The van der Waals surface area contributed by atoms with E-state index < -0.39 is 0 Å². The van der Waals surface area contributed by atoms with E-state index in [0.29, 0.717) is 11.6 Å². The van der Waals surface area contributed by atoms with E-state index in [1.54, 1.807) is 0 Å². The number of rotatable bonds is 2. The molecule has 2 N–H and O–H groups in total. The first-order chi connectivity index (χ1) is 10.0. The second-order valence-corrected chi connectivity index (χ2v) is 6.14. The maximum absolute atomic E-state index is 12.4. The van der Waals surface area contributed by atoms with Gasteiger partial charge in [0, 0.05) is 11.4 Å². The van der Waals surface area contributed by atoms with Gasteiger partial charge in [0.05, 0.1) is 5.69 Å². The fraction of sp³-hybridized carbons (Fsp3) is 0.562. The molecule has 21 heavy (non-hydrogen) atoms. The van der Waals surface area contributed by atoms with Gasteiger partial charge >= 0.3 is 0 Å². The number of carbonyl (C=O) groups excluding carboxylic acids is 1. The summed E-state index contributed by atoms with van der Waals surface area (Å²) in [5, 5.41) is 4.08. The Bertz CT molecular complexity index is 676. The van der Waals surface area contributed by atoms with Gasteiger partial charge < -0.3 is 10.3 Å². The molecular weight excluding hydrogens is 264 g/mol. The molecule has 0 bridgehead atoms. The molecule has 0 aliphatic heterocycles. The van der Waals surface area contributed by atoms with Crippen molar-refractivity contribution in [2.75, 3.05) is 0 Å². The Morgan fingerprint density at radius 2 is 2.05 bits per heavy atom. The minimum Gasteiger partial charge on any atom is -0.348 e. The second kappa shape index (κ2) is 5.47. The van der Waals surface area contributed by atoms with Crippen molar-refractivity contribution in [3.8, 4) is 0 Å². The number of aromatic nitrogens is 3. The second-order valence-electron chi connectivity index (χ2n) is 6.14. The summed E-state index contributed by atoms with van der Waals surface area (Å²) in [6.07, 6.45) is 4.74. The summed E-state index contributed by atoms with van der Waals surface area (Å²) in [6, 6.07) is 2.14. The molecular formula is C16H22N4O. The summed E-state index contributed by atoms with van der Waals surface area (Å²) in [4.78, 5) is 24.2. The summed E-state index contributed by atoms with van der Waals surface area (Å²) in [6.45, 7) is 6.01. The first kappa shape index (κ1) is 14.0. The van der Waals surface area contributed by atoms with Gasteiger partial charge in [0.2, 0.25) is 0 Å². The summed E-state index contributed by atoms with van der Waals surface area (Å²) in [5.41, 5.74) is 2.21. The summed E-state index contributed by atoms with van der Waals surface area (Å²) >= 11 is 0. The van der Waals surface area contributed by atoms with Crippen molar-refractivity contribution >= 4 is 16.9 Å². The Balaban J connectivity index is 1.83. The van der Waals surface area contributed by atoms with Crippen molar-refractivity contribution in [1.29, 1.82) is 0 Å². The van der Waals surface area contributed by atoms with Gasteiger partial charge in [0.25, 0.3) is 5.91 Å². The minimum atomic E-state index is -0.0381. The zero-order valence-corrected chi connectivity index (χ0v) is 12.9. The van der Waals surface area contributed by atoms with Crippen LogP contribution in [0.3, 0.4) is 0 Å². The number of hydrogen-bond donors (Lipinski definition) is 2. The lowest BCUT2D eigenvalue weighted by Gasteiger charge is -2.29. The van der Waals surface area contributed by atoms with E-state index in [9.17, 15) is 4.79 Å². The number of aryl methyl sites for hydroxylation is 2. The van der Waals surface area contributed by atoms with Crippen molar-refractivity contribution in [3.63, 3.8) is 0 Å². The molecule has 0 aromatic carbocycles. The maximum atomic E-state index is 12.4. The van der Waals surface area contributed by atoms with Crippen molar-refractivity contribution < 1.29 is 4.79 Å². The Morgan fingerprint density at radius 3 is 2.81 bits per heavy atom. The Hall–Kier alpha value is -1.91. The number of H-pyrrole nitrogens is 1. The van der Waals surface area contributed by atoms with E-state index in [2.05, 4.69) is 27.2 Å². The minimum absolute atomic E-state index is 0.0381. The molecule has 1 saturated carbocycles. The van der Waals surface area contributed by atoms with Gasteiger partial charge in [-0.2, -0.15) is 0 Å². The molecule has 1 aliphatic carbocycles. The van der Waals surface area contributed by atoms with Crippen LogP contribution in [0.5, 0.6) is 0 Å². The molecule has 3 rings (SSSR count). The highest BCUT2D eigenvalue weighted by atomic mass is 16.1. The van der Waals surface area contributed by atoms with E-state index >= 15 is 0 Å². The normalized spacial score (nSPS) is 22.4. The van der Waals surface area contributed by atoms with Gasteiger partial charge in [-0.05, 0) is 38.7 Å². The van der Waals surface area contributed by atoms with E-state index in [4.69, 9.17) is 0 Å². The van der Waals surface area contributed by atoms with Crippen LogP contribution >= 0.6 is 0 Å². The number of amides is 1. The predicted molar refractivity (Wildman–Crippen MR) is 82.2 cm³/mol. The molecule has 1 aliphatic rings. The lowest BCUT2D eigenvalue weighted by atomic mass is 9.86. The van der Waals surface area contributed by atoms with Crippen LogP contribution in [0.2, 0.25) is 0 Å². The molecule has 5 nitrogen and oxygen atoms in total. The standard InChI is InChI=1S/C16H22N4O/c1-9-6-4-5-7-13(9)20-16(21)14-8-12-10(2)17-11(3)18-15(12)19-14/h8-9,13H,4-7H2,1-3H3,(H,20,21)(H,17,18,19)/t9-,13+/m0/s1. The third kappa shape index (κ3) is 2.77. The highest BCUT2D eigenvalue weighted by molar-refractivity contribution is 5.97. The van der Waals surface area contributed by atoms with Crippen LogP contribution in [0.25, 0.3) is 11.0 Å². The Morgan fingerprint density at radius 1 is 1.29 bits per heavy atom. The number of fused-ring (bicyclic) bond motifs is 1. The Labute approximate surface area is 124 Å². The van der Waals surface area contributed by atoms with Crippen LogP contribution in [-0.2, 0) is 0 Å². The van der Waals surface area contributed by atoms with Crippen LogP contribution in [0.1, 0.15) is 54.6 Å². The average Bonchev–Trinajstić information content (AvgIpc) is 2.85. The van der Waals surface area contributed by atoms with E-state index in [0.717, 1.165) is 29.0 Å². The quantitative estimate of drug-likeness (QED) is 0.891. The molecule has 0 saturated heterocycles. The average molecular weight is 286 g/mol. The van der Waals surface area contributed by atoms with Crippen molar-refractivity contribution in [3.05, 3.63) is 23.3 Å². The van der Waals surface area contributed by atoms with Gasteiger partial charge in [0.15, 0.2) is 0 Å². The van der Waals surface area contributed by atoms with Crippen LogP contribution < -0.4 is 5.32 Å². The fourth-order valence-corrected chi connectivity index (χ4v) is 3.20. The SMILES string of the molecule is Cc1nc(C)c2cc(C(=O)N[C@@H]3CCCC[C@@H]3C)[nH]c2n1. The first-order valence-corrected chi connectivity index (χ1v) is 7.69. The summed E-state index contributed by atoms with van der Waals surface area (Å²) in [7, 11) is 0. The van der Waals surface area contributed by atoms with Crippen molar-refractivity contribution in [2.24, 2.45) is 5.92 Å². The lowest BCUT2D eigenvalue weighted by Crippen LogP contribution is -2.41. The third-order valence-corrected chi connectivity index (χ3v) is 4.46. The van der Waals surface area contributed by atoms with Gasteiger partial charge in [0.1, 0.15) is 17.2 Å². The fourth-order valence-electron chi connectivity index (χ4n) is 3.20. The number of carbonyl (C=O) groups is 1. The lowest BCUT2D eigenvalue weighted by molar-refractivity contribution is 0.0906. The molecule has 2 aromatic heterocycles. The van der Waals surface area contributed by atoms with Gasteiger partial charge in [-0.3, -0.25) is 4.79 Å². The van der Waals surface area contributed by atoms with Gasteiger partial charge in [-0.1, -0.05) is 19.8 Å². The molecule has 0 radical (unpaired) electrons. The smallest absolute Gasteiger partial charge is 0.268 e. The molecule has 0 spiro atoms. The molecule has 2 aromatic rings. The maximum Gasteiger partial charge on any atom is 0.268 e. The summed E-state index contributed by atoms with van der Waals surface area (Å²) in [5.74, 6) is 1.23. The molecule has 0 unspecified atom stereocenters. The van der Waals surface area contributed by atoms with Crippen molar-refractivity contribution in [2.45, 2.75) is 52.5 Å². The van der Waals surface area contributed by atoms with E-state index in [-0.39, 0.29) is 11.9 Å². The Kier molecular flexibility index (Phi) is 3.66. The van der Waals surface area contributed by atoms with Crippen molar-refractivity contribution in [1.82, 2.24) is 20.3 Å². The van der Waals surface area contributed by atoms with E-state index in [1.165, 1.54) is 19.3 Å². The van der Waals surface area contributed by atoms with Crippen LogP contribution in [0.15, 0.2) is 6.07 Å². The largest absolute Gasteiger partial charge is 0.348 e. The predicted octanol–water partition coefficient (Wildman–Crippen LogP) is 2.88. The van der Waals surface area contributed by atoms with Crippen LogP contribution in [-0.4, -0.2) is 26.9 Å². The highest BCUT2D eigenvalue weighted by Crippen LogP contribution is 2.24. The molecule has 112 valence electrons.